The second-order valence-electron chi connectivity index (χ2n) is 4.55. The average Bonchev–Trinajstić information content (AvgIpc) is 2.38. The van der Waals surface area contributed by atoms with Crippen molar-refractivity contribution in [3.8, 4) is 0 Å². The Hall–Kier alpha value is -1.88. The summed E-state index contributed by atoms with van der Waals surface area (Å²) in [7, 11) is 0. The first-order valence-corrected chi connectivity index (χ1v) is 7.27. The van der Waals surface area contributed by atoms with Crippen LogP contribution in [-0.2, 0) is 4.79 Å². The van der Waals surface area contributed by atoms with Gasteiger partial charge in [-0.25, -0.2) is 9.97 Å². The highest BCUT2D eigenvalue weighted by Crippen LogP contribution is 2.21. The zero-order valence-corrected chi connectivity index (χ0v) is 12.6. The molecule has 0 saturated carbocycles. The number of aromatic nitrogens is 2. The number of rotatable bonds is 4. The van der Waals surface area contributed by atoms with Gasteiger partial charge in [-0.15, -0.1) is 0 Å². The van der Waals surface area contributed by atoms with Gasteiger partial charge in [0.2, 0.25) is 5.91 Å². The third-order valence-electron chi connectivity index (χ3n) is 2.65. The SMILES string of the molecule is Cc1cc(C)nc(S[C@@H](C)C(=O)Nc2ccccc2)n1. The number of benzene rings is 1. The van der Waals surface area contributed by atoms with Crippen LogP contribution in [-0.4, -0.2) is 21.1 Å². The highest BCUT2D eigenvalue weighted by Gasteiger charge is 2.16. The molecule has 0 aliphatic heterocycles. The third kappa shape index (κ3) is 4.06. The maximum atomic E-state index is 12.1. The molecule has 0 saturated heterocycles. The van der Waals surface area contributed by atoms with Gasteiger partial charge in [0.15, 0.2) is 5.16 Å². The third-order valence-corrected chi connectivity index (χ3v) is 3.62. The molecule has 2 aromatic rings. The molecule has 0 unspecified atom stereocenters. The first-order chi connectivity index (χ1) is 9.54. The number of hydrogen-bond donors (Lipinski definition) is 1. The molecule has 2 rings (SSSR count). The van der Waals surface area contributed by atoms with Crippen molar-refractivity contribution in [2.45, 2.75) is 31.2 Å². The second kappa shape index (κ2) is 6.52. The summed E-state index contributed by atoms with van der Waals surface area (Å²) >= 11 is 1.36. The number of carbonyl (C=O) groups excluding carboxylic acids is 1. The fourth-order valence-corrected chi connectivity index (χ4v) is 2.60. The molecule has 0 aliphatic carbocycles. The van der Waals surface area contributed by atoms with Gasteiger partial charge in [-0.05, 0) is 39.0 Å². The highest BCUT2D eigenvalue weighted by molar-refractivity contribution is 8.00. The van der Waals surface area contributed by atoms with Crippen LogP contribution in [0.25, 0.3) is 0 Å². The maximum absolute atomic E-state index is 12.1. The average molecular weight is 287 g/mol. The van der Waals surface area contributed by atoms with Crippen LogP contribution in [0.3, 0.4) is 0 Å². The van der Waals surface area contributed by atoms with E-state index in [1.807, 2.05) is 57.2 Å². The van der Waals surface area contributed by atoms with E-state index in [0.717, 1.165) is 17.1 Å². The lowest BCUT2D eigenvalue weighted by Crippen LogP contribution is -2.22. The molecule has 20 heavy (non-hydrogen) atoms. The summed E-state index contributed by atoms with van der Waals surface area (Å²) in [6.07, 6.45) is 0. The van der Waals surface area contributed by atoms with Crippen molar-refractivity contribution < 1.29 is 4.79 Å². The number of nitrogens with one attached hydrogen (secondary N) is 1. The molecular weight excluding hydrogens is 270 g/mol. The summed E-state index contributed by atoms with van der Waals surface area (Å²) in [4.78, 5) is 20.8. The van der Waals surface area contributed by atoms with E-state index >= 15 is 0 Å². The Bertz CT molecular complexity index is 581. The largest absolute Gasteiger partial charge is 0.325 e. The first kappa shape index (κ1) is 14.5. The minimum Gasteiger partial charge on any atom is -0.325 e. The lowest BCUT2D eigenvalue weighted by molar-refractivity contribution is -0.115. The zero-order valence-electron chi connectivity index (χ0n) is 11.8. The van der Waals surface area contributed by atoms with Crippen LogP contribution in [0.5, 0.6) is 0 Å². The summed E-state index contributed by atoms with van der Waals surface area (Å²) < 4.78 is 0. The van der Waals surface area contributed by atoms with Crippen molar-refractivity contribution in [1.29, 1.82) is 0 Å². The van der Waals surface area contributed by atoms with Gasteiger partial charge >= 0.3 is 0 Å². The van der Waals surface area contributed by atoms with Crippen LogP contribution in [0.2, 0.25) is 0 Å². The van der Waals surface area contributed by atoms with Gasteiger partial charge in [0.05, 0.1) is 5.25 Å². The lowest BCUT2D eigenvalue weighted by Gasteiger charge is -2.11. The van der Waals surface area contributed by atoms with Crippen molar-refractivity contribution in [2.75, 3.05) is 5.32 Å². The summed E-state index contributed by atoms with van der Waals surface area (Å²) in [5.41, 5.74) is 2.62. The predicted molar refractivity (Wildman–Crippen MR) is 81.9 cm³/mol. The van der Waals surface area contributed by atoms with Crippen molar-refractivity contribution in [1.82, 2.24) is 9.97 Å². The molecule has 0 bridgehead atoms. The van der Waals surface area contributed by atoms with Gasteiger partial charge in [-0.2, -0.15) is 0 Å². The minimum atomic E-state index is -0.253. The van der Waals surface area contributed by atoms with E-state index in [9.17, 15) is 4.79 Å². The smallest absolute Gasteiger partial charge is 0.237 e. The van der Waals surface area contributed by atoms with Crippen molar-refractivity contribution >= 4 is 23.4 Å². The van der Waals surface area contributed by atoms with Crippen LogP contribution < -0.4 is 5.32 Å². The van der Waals surface area contributed by atoms with Crippen molar-refractivity contribution in [3.05, 3.63) is 47.8 Å². The van der Waals surface area contributed by atoms with Gasteiger partial charge in [-0.3, -0.25) is 4.79 Å². The second-order valence-corrected chi connectivity index (χ2v) is 5.86. The van der Waals surface area contributed by atoms with Gasteiger partial charge in [0.25, 0.3) is 0 Å². The van der Waals surface area contributed by atoms with E-state index < -0.39 is 0 Å². The Labute approximate surface area is 123 Å². The fourth-order valence-electron chi connectivity index (χ4n) is 1.72. The molecule has 1 atom stereocenters. The minimum absolute atomic E-state index is 0.0519. The number of hydrogen-bond acceptors (Lipinski definition) is 4. The van der Waals surface area contributed by atoms with Gasteiger partial charge in [-0.1, -0.05) is 30.0 Å². The Morgan fingerprint density at radius 3 is 2.35 bits per heavy atom. The van der Waals surface area contributed by atoms with E-state index in [4.69, 9.17) is 0 Å². The summed E-state index contributed by atoms with van der Waals surface area (Å²) in [5, 5.41) is 3.26. The first-order valence-electron chi connectivity index (χ1n) is 6.39. The molecule has 5 heteroatoms. The summed E-state index contributed by atoms with van der Waals surface area (Å²) in [6, 6.07) is 11.3. The maximum Gasteiger partial charge on any atom is 0.237 e. The molecule has 0 aliphatic rings. The molecule has 1 N–H and O–H groups in total. The van der Waals surface area contributed by atoms with E-state index in [0.29, 0.717) is 5.16 Å². The lowest BCUT2D eigenvalue weighted by atomic mass is 10.3. The van der Waals surface area contributed by atoms with E-state index in [-0.39, 0.29) is 11.2 Å². The van der Waals surface area contributed by atoms with Crippen molar-refractivity contribution in [2.24, 2.45) is 0 Å². The molecule has 4 nitrogen and oxygen atoms in total. The Kier molecular flexibility index (Phi) is 4.74. The van der Waals surface area contributed by atoms with Gasteiger partial charge < -0.3 is 5.32 Å². The fraction of sp³-hybridized carbons (Fsp3) is 0.267. The Morgan fingerprint density at radius 1 is 1.15 bits per heavy atom. The van der Waals surface area contributed by atoms with Crippen LogP contribution in [0.15, 0.2) is 41.6 Å². The molecule has 0 fully saturated rings. The number of anilines is 1. The topological polar surface area (TPSA) is 54.9 Å². The van der Waals surface area contributed by atoms with Crippen LogP contribution in [0, 0.1) is 13.8 Å². The van der Waals surface area contributed by atoms with Crippen LogP contribution >= 0.6 is 11.8 Å². The molecule has 1 aromatic heterocycles. The Morgan fingerprint density at radius 2 is 1.75 bits per heavy atom. The quantitative estimate of drug-likeness (QED) is 0.693. The molecular formula is C15H17N3OS. The standard InChI is InChI=1S/C15H17N3OS/c1-10-9-11(2)17-15(16-10)20-12(3)14(19)18-13-7-5-4-6-8-13/h4-9,12H,1-3H3,(H,18,19)/t12-/m0/s1. The normalized spacial score (nSPS) is 11.9. The summed E-state index contributed by atoms with van der Waals surface area (Å²) in [6.45, 7) is 5.70. The van der Waals surface area contributed by atoms with E-state index in [1.54, 1.807) is 0 Å². The summed E-state index contributed by atoms with van der Waals surface area (Å²) in [5.74, 6) is -0.0519. The molecule has 1 heterocycles. The van der Waals surface area contributed by atoms with Gasteiger partial charge in [0, 0.05) is 17.1 Å². The number of thioether (sulfide) groups is 1. The highest BCUT2D eigenvalue weighted by atomic mass is 32.2. The van der Waals surface area contributed by atoms with Crippen LogP contribution in [0.4, 0.5) is 5.69 Å². The van der Waals surface area contributed by atoms with E-state index in [2.05, 4.69) is 15.3 Å². The molecule has 1 amide bonds. The number of para-hydroxylation sites is 1. The van der Waals surface area contributed by atoms with Crippen molar-refractivity contribution in [3.63, 3.8) is 0 Å². The molecule has 0 radical (unpaired) electrons. The molecule has 0 spiro atoms. The number of carbonyl (C=O) groups is 1. The van der Waals surface area contributed by atoms with E-state index in [1.165, 1.54) is 11.8 Å². The zero-order chi connectivity index (χ0) is 14.5. The van der Waals surface area contributed by atoms with Gasteiger partial charge in [0.1, 0.15) is 0 Å². The Balaban J connectivity index is 2.00. The number of nitrogens with zero attached hydrogens (tertiary/aromatic N) is 2. The number of amides is 1. The molecule has 104 valence electrons. The molecule has 1 aromatic carbocycles. The number of aryl methyl sites for hydroxylation is 2. The van der Waals surface area contributed by atoms with Crippen LogP contribution in [0.1, 0.15) is 18.3 Å². The predicted octanol–water partition coefficient (Wildman–Crippen LogP) is 3.21. The monoisotopic (exact) mass is 287 g/mol.